The Labute approximate surface area is 121 Å². The van der Waals surface area contributed by atoms with Gasteiger partial charge in [0.05, 0.1) is 12.5 Å². The largest absolute Gasteiger partial charge is 0.467 e. The molecule has 0 aromatic heterocycles. The number of carbonyl (C=O) groups excluding carboxylic acids is 2. The molecule has 2 atom stereocenters. The van der Waals surface area contributed by atoms with Gasteiger partial charge in [-0.25, -0.2) is 4.79 Å². The Morgan fingerprint density at radius 2 is 2.10 bits per heavy atom. The molecular formula is C15H28N2O3. The maximum Gasteiger partial charge on any atom is 0.328 e. The predicted octanol–water partition coefficient (Wildman–Crippen LogP) is 1.47. The molecule has 5 nitrogen and oxygen atoms in total. The van der Waals surface area contributed by atoms with Gasteiger partial charge in [-0.2, -0.15) is 0 Å². The summed E-state index contributed by atoms with van der Waals surface area (Å²) in [7, 11) is 1.36. The van der Waals surface area contributed by atoms with E-state index in [0.29, 0.717) is 18.9 Å². The molecule has 0 bridgehead atoms. The first-order valence-electron chi connectivity index (χ1n) is 7.54. The first-order valence-corrected chi connectivity index (χ1v) is 7.54. The van der Waals surface area contributed by atoms with Crippen molar-refractivity contribution in [2.75, 3.05) is 20.2 Å². The zero-order valence-corrected chi connectivity index (χ0v) is 13.1. The minimum Gasteiger partial charge on any atom is -0.467 e. The van der Waals surface area contributed by atoms with E-state index in [1.807, 2.05) is 13.8 Å². The Kier molecular flexibility index (Phi) is 6.46. The molecule has 0 spiro atoms. The molecule has 0 aliphatic carbocycles. The van der Waals surface area contributed by atoms with Crippen molar-refractivity contribution in [3.05, 3.63) is 0 Å². The number of nitrogens with one attached hydrogen (secondary N) is 2. The van der Waals surface area contributed by atoms with Crippen LogP contribution in [0.2, 0.25) is 0 Å². The molecule has 0 aromatic rings. The van der Waals surface area contributed by atoms with Crippen molar-refractivity contribution in [1.82, 2.24) is 10.6 Å². The number of hydrogen-bond acceptors (Lipinski definition) is 4. The predicted molar refractivity (Wildman–Crippen MR) is 78.2 cm³/mol. The van der Waals surface area contributed by atoms with Crippen LogP contribution in [0.5, 0.6) is 0 Å². The molecule has 1 saturated heterocycles. The van der Waals surface area contributed by atoms with Crippen LogP contribution in [-0.2, 0) is 14.3 Å². The van der Waals surface area contributed by atoms with E-state index in [2.05, 4.69) is 17.6 Å². The molecule has 1 fully saturated rings. The van der Waals surface area contributed by atoms with Gasteiger partial charge in [0.1, 0.15) is 6.04 Å². The molecule has 20 heavy (non-hydrogen) atoms. The fourth-order valence-electron chi connectivity index (χ4n) is 2.88. The van der Waals surface area contributed by atoms with E-state index in [4.69, 9.17) is 4.74 Å². The van der Waals surface area contributed by atoms with Crippen molar-refractivity contribution in [3.63, 3.8) is 0 Å². The maximum atomic E-state index is 12.6. The van der Waals surface area contributed by atoms with Crippen molar-refractivity contribution in [2.45, 2.75) is 52.5 Å². The first kappa shape index (κ1) is 17.0. The summed E-state index contributed by atoms with van der Waals surface area (Å²) in [6, 6.07) is -0.540. The van der Waals surface area contributed by atoms with Crippen LogP contribution in [0.25, 0.3) is 0 Å². The summed E-state index contributed by atoms with van der Waals surface area (Å²) in [5.74, 6) is -0.0479. The lowest BCUT2D eigenvalue weighted by atomic mass is 9.81. The highest BCUT2D eigenvalue weighted by atomic mass is 16.5. The SMILES string of the molecule is CCCC1(C(=O)NC(CC(C)C)C(=O)OC)CCNC1. The minimum atomic E-state index is -0.540. The molecule has 2 N–H and O–H groups in total. The number of methoxy groups -OCH3 is 1. The Morgan fingerprint density at radius 1 is 1.40 bits per heavy atom. The van der Waals surface area contributed by atoms with Crippen molar-refractivity contribution in [1.29, 1.82) is 0 Å². The maximum absolute atomic E-state index is 12.6. The summed E-state index contributed by atoms with van der Waals surface area (Å²) in [6.07, 6.45) is 3.25. The van der Waals surface area contributed by atoms with E-state index < -0.39 is 6.04 Å². The first-order chi connectivity index (χ1) is 9.45. The molecule has 1 amide bonds. The molecule has 0 radical (unpaired) electrons. The molecule has 1 aliphatic heterocycles. The standard InChI is InChI=1S/C15H28N2O3/c1-5-6-15(7-8-16-10-15)14(19)17-12(9-11(2)3)13(18)20-4/h11-12,16H,5-10H2,1-4H3,(H,17,19). The number of ether oxygens (including phenoxy) is 1. The monoisotopic (exact) mass is 284 g/mol. The highest BCUT2D eigenvalue weighted by Crippen LogP contribution is 2.31. The number of carbonyl (C=O) groups is 2. The third-order valence-electron chi connectivity index (χ3n) is 3.95. The van der Waals surface area contributed by atoms with Gasteiger partial charge < -0.3 is 15.4 Å². The highest BCUT2D eigenvalue weighted by Gasteiger charge is 2.41. The van der Waals surface area contributed by atoms with Crippen LogP contribution in [0, 0.1) is 11.3 Å². The van der Waals surface area contributed by atoms with Gasteiger partial charge >= 0.3 is 5.97 Å². The molecule has 5 heteroatoms. The lowest BCUT2D eigenvalue weighted by molar-refractivity contribution is -0.147. The molecule has 2 unspecified atom stereocenters. The topological polar surface area (TPSA) is 67.4 Å². The molecule has 0 aromatic carbocycles. The lowest BCUT2D eigenvalue weighted by Crippen LogP contribution is -2.50. The normalized spacial score (nSPS) is 23.6. The van der Waals surface area contributed by atoms with Gasteiger partial charge in [-0.15, -0.1) is 0 Å². The number of esters is 1. The Bertz CT molecular complexity index is 336. The summed E-state index contributed by atoms with van der Waals surface area (Å²) in [6.45, 7) is 7.70. The number of hydrogen-bond donors (Lipinski definition) is 2. The molecular weight excluding hydrogens is 256 g/mol. The Hall–Kier alpha value is -1.10. The third kappa shape index (κ3) is 4.20. The summed E-state index contributed by atoms with van der Waals surface area (Å²) >= 11 is 0. The van der Waals surface area contributed by atoms with Crippen molar-refractivity contribution in [3.8, 4) is 0 Å². The second kappa shape index (κ2) is 7.62. The average molecular weight is 284 g/mol. The van der Waals surface area contributed by atoms with Gasteiger partial charge in [0.2, 0.25) is 5.91 Å². The molecule has 1 heterocycles. The quantitative estimate of drug-likeness (QED) is 0.695. The van der Waals surface area contributed by atoms with Crippen LogP contribution in [-0.4, -0.2) is 38.1 Å². The molecule has 1 aliphatic rings. The van der Waals surface area contributed by atoms with Gasteiger partial charge in [0.25, 0.3) is 0 Å². The Morgan fingerprint density at radius 3 is 2.55 bits per heavy atom. The smallest absolute Gasteiger partial charge is 0.328 e. The number of amides is 1. The van der Waals surface area contributed by atoms with Gasteiger partial charge in [-0.1, -0.05) is 27.2 Å². The van der Waals surface area contributed by atoms with Gasteiger partial charge in [0.15, 0.2) is 0 Å². The second-order valence-corrected chi connectivity index (χ2v) is 6.14. The van der Waals surface area contributed by atoms with Crippen molar-refractivity contribution < 1.29 is 14.3 Å². The zero-order valence-electron chi connectivity index (χ0n) is 13.1. The Balaban J connectivity index is 2.75. The fraction of sp³-hybridized carbons (Fsp3) is 0.867. The summed E-state index contributed by atoms with van der Waals surface area (Å²) in [5.41, 5.74) is -0.363. The van der Waals surface area contributed by atoms with Gasteiger partial charge in [-0.3, -0.25) is 4.79 Å². The van der Waals surface area contributed by atoms with Crippen LogP contribution < -0.4 is 10.6 Å². The van der Waals surface area contributed by atoms with E-state index >= 15 is 0 Å². The van der Waals surface area contributed by atoms with E-state index in [-0.39, 0.29) is 17.3 Å². The van der Waals surface area contributed by atoms with Crippen LogP contribution in [0.3, 0.4) is 0 Å². The lowest BCUT2D eigenvalue weighted by Gasteiger charge is -2.29. The average Bonchev–Trinajstić information content (AvgIpc) is 2.86. The van der Waals surface area contributed by atoms with E-state index in [1.165, 1.54) is 7.11 Å². The summed E-state index contributed by atoms with van der Waals surface area (Å²) < 4.78 is 4.80. The summed E-state index contributed by atoms with van der Waals surface area (Å²) in [5, 5.41) is 6.17. The second-order valence-electron chi connectivity index (χ2n) is 6.14. The van der Waals surface area contributed by atoms with Crippen LogP contribution in [0.1, 0.15) is 46.5 Å². The van der Waals surface area contributed by atoms with E-state index in [0.717, 1.165) is 25.8 Å². The molecule has 0 saturated carbocycles. The highest BCUT2D eigenvalue weighted by molar-refractivity contribution is 5.88. The molecule has 116 valence electrons. The van der Waals surface area contributed by atoms with Crippen LogP contribution >= 0.6 is 0 Å². The van der Waals surface area contributed by atoms with Crippen LogP contribution in [0.4, 0.5) is 0 Å². The van der Waals surface area contributed by atoms with Gasteiger partial charge in [0, 0.05) is 6.54 Å². The van der Waals surface area contributed by atoms with Crippen LogP contribution in [0.15, 0.2) is 0 Å². The van der Waals surface area contributed by atoms with E-state index in [1.54, 1.807) is 0 Å². The third-order valence-corrected chi connectivity index (χ3v) is 3.95. The van der Waals surface area contributed by atoms with E-state index in [9.17, 15) is 9.59 Å². The fourth-order valence-corrected chi connectivity index (χ4v) is 2.88. The minimum absolute atomic E-state index is 0.0135. The van der Waals surface area contributed by atoms with Crippen molar-refractivity contribution in [2.24, 2.45) is 11.3 Å². The van der Waals surface area contributed by atoms with Gasteiger partial charge in [-0.05, 0) is 31.7 Å². The molecule has 1 rings (SSSR count). The summed E-state index contributed by atoms with van der Waals surface area (Å²) in [4.78, 5) is 24.4. The zero-order chi connectivity index (χ0) is 15.2. The van der Waals surface area contributed by atoms with Crippen molar-refractivity contribution >= 4 is 11.9 Å². The number of rotatable bonds is 7.